The predicted molar refractivity (Wildman–Crippen MR) is 81.9 cm³/mol. The van der Waals surface area contributed by atoms with Crippen LogP contribution in [0.3, 0.4) is 0 Å². The first-order valence-electron chi connectivity index (χ1n) is 5.96. The molecule has 5 heteroatoms. The molecule has 0 saturated carbocycles. The van der Waals surface area contributed by atoms with E-state index >= 15 is 0 Å². The highest BCUT2D eigenvalue weighted by molar-refractivity contribution is 9.10. The van der Waals surface area contributed by atoms with Crippen LogP contribution in [0, 0.1) is 6.92 Å². The van der Waals surface area contributed by atoms with E-state index in [0.29, 0.717) is 0 Å². The van der Waals surface area contributed by atoms with Crippen molar-refractivity contribution in [3.63, 3.8) is 0 Å². The average molecular weight is 340 g/mol. The molecule has 0 saturated heterocycles. The number of nitrogens with zero attached hydrogens (tertiary/aromatic N) is 1. The van der Waals surface area contributed by atoms with Gasteiger partial charge in [0.1, 0.15) is 0 Å². The number of hydrogen-bond donors (Lipinski definition) is 1. The summed E-state index contributed by atoms with van der Waals surface area (Å²) in [5, 5.41) is 9.91. The van der Waals surface area contributed by atoms with E-state index in [1.807, 2.05) is 25.1 Å². The van der Waals surface area contributed by atoms with Gasteiger partial charge in [0.25, 0.3) is 0 Å². The fraction of sp³-hybridized carbons (Fsp3) is 0.286. The fourth-order valence-corrected chi connectivity index (χ4v) is 3.60. The summed E-state index contributed by atoms with van der Waals surface area (Å²) in [4.78, 5) is 16.5. The zero-order valence-corrected chi connectivity index (χ0v) is 13.1. The quantitative estimate of drug-likeness (QED) is 0.854. The summed E-state index contributed by atoms with van der Waals surface area (Å²) in [6, 6.07) is 5.90. The van der Waals surface area contributed by atoms with Crippen molar-refractivity contribution >= 4 is 44.6 Å². The highest BCUT2D eigenvalue weighted by atomic mass is 79.9. The average Bonchev–Trinajstić information content (AvgIpc) is 2.36. The molecule has 100 valence electrons. The van der Waals surface area contributed by atoms with Crippen molar-refractivity contribution in [2.24, 2.45) is 0 Å². The first kappa shape index (κ1) is 14.3. The number of aliphatic carboxylic acids is 1. The molecule has 1 aromatic carbocycles. The highest BCUT2D eigenvalue weighted by Gasteiger charge is 2.14. The number of hydrogen-bond acceptors (Lipinski definition) is 3. The van der Waals surface area contributed by atoms with E-state index in [1.54, 1.807) is 0 Å². The van der Waals surface area contributed by atoms with E-state index in [4.69, 9.17) is 5.11 Å². The van der Waals surface area contributed by atoms with Crippen molar-refractivity contribution in [2.45, 2.75) is 25.2 Å². The number of carboxylic acids is 1. The van der Waals surface area contributed by atoms with Gasteiger partial charge < -0.3 is 5.11 Å². The Kier molecular flexibility index (Phi) is 4.47. The molecule has 0 aliphatic carbocycles. The molecular formula is C14H14BrNO2S. The van der Waals surface area contributed by atoms with Crippen LogP contribution in [0.4, 0.5) is 0 Å². The lowest BCUT2D eigenvalue weighted by molar-refractivity contribution is -0.133. The van der Waals surface area contributed by atoms with Crippen LogP contribution in [0.2, 0.25) is 0 Å². The van der Waals surface area contributed by atoms with Crippen molar-refractivity contribution in [1.82, 2.24) is 4.98 Å². The molecule has 1 aromatic heterocycles. The number of halogens is 1. The number of para-hydroxylation sites is 1. The summed E-state index contributed by atoms with van der Waals surface area (Å²) < 4.78 is 0.938. The van der Waals surface area contributed by atoms with Crippen molar-refractivity contribution < 1.29 is 9.90 Å². The lowest BCUT2D eigenvalue weighted by Crippen LogP contribution is -2.02. The Morgan fingerprint density at radius 3 is 2.84 bits per heavy atom. The van der Waals surface area contributed by atoms with Gasteiger partial charge in [0.15, 0.2) is 0 Å². The maximum Gasteiger partial charge on any atom is 0.313 e. The van der Waals surface area contributed by atoms with Gasteiger partial charge in [-0.3, -0.25) is 9.78 Å². The Hall–Kier alpha value is -1.07. The summed E-state index contributed by atoms with van der Waals surface area (Å²) in [5.41, 5.74) is 3.00. The molecule has 0 spiro atoms. The van der Waals surface area contributed by atoms with Crippen LogP contribution in [0.1, 0.15) is 18.2 Å². The van der Waals surface area contributed by atoms with Crippen LogP contribution in [0.25, 0.3) is 10.9 Å². The third-order valence-corrected chi connectivity index (χ3v) is 4.70. The molecule has 0 aliphatic heterocycles. The minimum Gasteiger partial charge on any atom is -0.481 e. The lowest BCUT2D eigenvalue weighted by atomic mass is 10.1. The summed E-state index contributed by atoms with van der Waals surface area (Å²) >= 11 is 4.88. The van der Waals surface area contributed by atoms with Gasteiger partial charge in [-0.25, -0.2) is 0 Å². The maximum atomic E-state index is 10.8. The number of pyridine rings is 1. The number of rotatable bonds is 4. The van der Waals surface area contributed by atoms with E-state index in [2.05, 4.69) is 27.8 Å². The highest BCUT2D eigenvalue weighted by Crippen LogP contribution is 2.35. The second-order valence-electron chi connectivity index (χ2n) is 4.18. The third kappa shape index (κ3) is 2.92. The Balaban J connectivity index is 2.68. The van der Waals surface area contributed by atoms with Gasteiger partial charge >= 0.3 is 5.97 Å². The number of aromatic nitrogens is 1. The molecule has 0 bridgehead atoms. The van der Waals surface area contributed by atoms with Crippen molar-refractivity contribution in [3.05, 3.63) is 33.9 Å². The van der Waals surface area contributed by atoms with Gasteiger partial charge in [0.05, 0.1) is 11.3 Å². The van der Waals surface area contributed by atoms with E-state index in [0.717, 1.165) is 37.9 Å². The monoisotopic (exact) mass is 339 g/mol. The van der Waals surface area contributed by atoms with Crippen LogP contribution in [0.15, 0.2) is 27.6 Å². The maximum absolute atomic E-state index is 10.8. The molecule has 19 heavy (non-hydrogen) atoms. The number of carbonyl (C=O) groups is 1. The topological polar surface area (TPSA) is 50.2 Å². The first-order valence-corrected chi connectivity index (χ1v) is 7.74. The first-order chi connectivity index (χ1) is 9.04. The number of aryl methyl sites for hydroxylation is 1. The van der Waals surface area contributed by atoms with Crippen molar-refractivity contribution in [3.8, 4) is 0 Å². The normalized spacial score (nSPS) is 10.9. The number of benzene rings is 1. The summed E-state index contributed by atoms with van der Waals surface area (Å²) in [5.74, 6) is -0.734. The van der Waals surface area contributed by atoms with Crippen molar-refractivity contribution in [1.29, 1.82) is 0 Å². The molecule has 0 fully saturated rings. The zero-order chi connectivity index (χ0) is 14.0. The molecule has 2 aromatic rings. The van der Waals surface area contributed by atoms with E-state index < -0.39 is 5.97 Å². The Morgan fingerprint density at radius 2 is 2.21 bits per heavy atom. The van der Waals surface area contributed by atoms with E-state index in [-0.39, 0.29) is 5.75 Å². The standard InChI is InChI=1S/C14H14BrNO2S/c1-3-9-8(2)16-13-10(5-4-6-11(13)15)14(9)19-7-12(17)18/h4-6H,3,7H2,1-2H3,(H,17,18). The number of fused-ring (bicyclic) bond motifs is 1. The summed E-state index contributed by atoms with van der Waals surface area (Å²) in [7, 11) is 0. The molecule has 3 nitrogen and oxygen atoms in total. The summed E-state index contributed by atoms with van der Waals surface area (Å²) in [6.07, 6.45) is 0.850. The molecule has 1 heterocycles. The molecule has 0 atom stereocenters. The van der Waals surface area contributed by atoms with Gasteiger partial charge in [-0.05, 0) is 40.9 Å². The van der Waals surface area contributed by atoms with E-state index in [9.17, 15) is 4.79 Å². The number of thioether (sulfide) groups is 1. The molecule has 2 rings (SSSR count). The van der Waals surface area contributed by atoms with Crippen LogP contribution >= 0.6 is 27.7 Å². The predicted octanol–water partition coefficient (Wildman–Crippen LogP) is 4.04. The van der Waals surface area contributed by atoms with Gasteiger partial charge in [0, 0.05) is 20.4 Å². The second kappa shape index (κ2) is 5.92. The summed E-state index contributed by atoms with van der Waals surface area (Å²) in [6.45, 7) is 4.04. The van der Waals surface area contributed by atoms with Gasteiger partial charge in [-0.2, -0.15) is 0 Å². The minimum atomic E-state index is -0.801. The second-order valence-corrected chi connectivity index (χ2v) is 6.02. The third-order valence-electron chi connectivity index (χ3n) is 2.92. The van der Waals surface area contributed by atoms with Crippen LogP contribution in [0.5, 0.6) is 0 Å². The van der Waals surface area contributed by atoms with Crippen molar-refractivity contribution in [2.75, 3.05) is 5.75 Å². The Morgan fingerprint density at radius 1 is 1.47 bits per heavy atom. The zero-order valence-electron chi connectivity index (χ0n) is 10.7. The smallest absolute Gasteiger partial charge is 0.313 e. The Labute approximate surface area is 124 Å². The molecule has 0 unspecified atom stereocenters. The molecule has 0 radical (unpaired) electrons. The minimum absolute atomic E-state index is 0.0675. The molecule has 0 aliphatic rings. The lowest BCUT2D eigenvalue weighted by Gasteiger charge is -2.13. The Bertz CT molecular complexity index is 643. The van der Waals surface area contributed by atoms with Crippen LogP contribution in [-0.2, 0) is 11.2 Å². The van der Waals surface area contributed by atoms with E-state index in [1.165, 1.54) is 11.8 Å². The van der Waals surface area contributed by atoms with Gasteiger partial charge in [0.2, 0.25) is 0 Å². The van der Waals surface area contributed by atoms with Crippen LogP contribution < -0.4 is 0 Å². The molecule has 0 amide bonds. The van der Waals surface area contributed by atoms with Gasteiger partial charge in [-0.15, -0.1) is 11.8 Å². The molecular weight excluding hydrogens is 326 g/mol. The van der Waals surface area contributed by atoms with Crippen LogP contribution in [-0.4, -0.2) is 21.8 Å². The largest absolute Gasteiger partial charge is 0.481 e. The van der Waals surface area contributed by atoms with Gasteiger partial charge in [-0.1, -0.05) is 19.1 Å². The molecule has 1 N–H and O–H groups in total. The number of carboxylic acid groups (broad SMARTS) is 1. The SMILES string of the molecule is CCc1c(C)nc2c(Br)cccc2c1SCC(=O)O. The fourth-order valence-electron chi connectivity index (χ4n) is 2.09.